The Morgan fingerprint density at radius 1 is 1.07 bits per heavy atom. The van der Waals surface area contributed by atoms with E-state index in [9.17, 15) is 31.1 Å². The highest BCUT2D eigenvalue weighted by Crippen LogP contribution is 2.28. The van der Waals surface area contributed by atoms with Crippen molar-refractivity contribution in [1.82, 2.24) is 15.4 Å². The first-order valence-electron chi connectivity index (χ1n) is 11.1. The van der Waals surface area contributed by atoms with Crippen LogP contribution in [0.2, 0.25) is 0 Å². The van der Waals surface area contributed by atoms with Gasteiger partial charge in [-0.3, -0.25) is 4.79 Å². The fourth-order valence-electron chi connectivity index (χ4n) is 3.13. The summed E-state index contributed by atoms with van der Waals surface area (Å²) in [6, 6.07) is 9.16. The second-order valence-electron chi connectivity index (χ2n) is 7.87. The fourth-order valence-corrected chi connectivity index (χ4v) is 3.96. The fraction of sp³-hybridized carbons (Fsp3) is 0.250. The van der Waals surface area contributed by atoms with Crippen LogP contribution >= 0.6 is 11.3 Å². The minimum atomic E-state index is -5.19. The zero-order valence-electron chi connectivity index (χ0n) is 20.4. The summed E-state index contributed by atoms with van der Waals surface area (Å²) in [6.45, 7) is -0.386. The van der Waals surface area contributed by atoms with E-state index < -0.39 is 30.8 Å². The number of aromatic nitrogens is 3. The number of amides is 1. The molecule has 0 saturated heterocycles. The van der Waals surface area contributed by atoms with Crippen LogP contribution in [0.1, 0.15) is 9.67 Å². The maximum atomic E-state index is 12.3. The number of carboxylic acid groups (broad SMARTS) is 1. The maximum absolute atomic E-state index is 12.3. The number of hydrogen-bond acceptors (Lipinski definition) is 7. The predicted molar refractivity (Wildman–Crippen MR) is 127 cm³/mol. The summed E-state index contributed by atoms with van der Waals surface area (Å²) in [4.78, 5) is 25.5. The Kier molecular flexibility index (Phi) is 9.70. The summed E-state index contributed by atoms with van der Waals surface area (Å²) in [7, 11) is 1.62. The zero-order chi connectivity index (χ0) is 29.5. The van der Waals surface area contributed by atoms with Gasteiger partial charge in [0.1, 0.15) is 31.1 Å². The summed E-state index contributed by atoms with van der Waals surface area (Å²) in [6.07, 6.45) is -4.30. The number of benzene rings is 1. The molecule has 0 unspecified atom stereocenters. The minimum Gasteiger partial charge on any atom is -0.542 e. The van der Waals surface area contributed by atoms with E-state index in [1.54, 1.807) is 35.5 Å². The van der Waals surface area contributed by atoms with Gasteiger partial charge in [0.2, 0.25) is 0 Å². The lowest BCUT2D eigenvalue weighted by molar-refractivity contribution is -0.578. The summed E-state index contributed by atoms with van der Waals surface area (Å²) < 4.78 is 80.8. The number of carbonyl (C=O) groups is 2. The molecule has 0 aliphatic carbocycles. The molecule has 40 heavy (non-hydrogen) atoms. The Morgan fingerprint density at radius 3 is 2.35 bits per heavy atom. The van der Waals surface area contributed by atoms with Gasteiger partial charge in [0.15, 0.2) is 6.20 Å². The van der Waals surface area contributed by atoms with Gasteiger partial charge in [0, 0.05) is 12.7 Å². The topological polar surface area (TPSA) is 120 Å². The van der Waals surface area contributed by atoms with E-state index in [4.69, 9.17) is 19.4 Å². The number of carboxylic acids is 1. The van der Waals surface area contributed by atoms with Crippen LogP contribution in [0.4, 0.5) is 26.3 Å². The van der Waals surface area contributed by atoms with Crippen LogP contribution in [0.5, 0.6) is 5.75 Å². The van der Waals surface area contributed by atoms with Crippen molar-refractivity contribution >= 4 is 28.9 Å². The van der Waals surface area contributed by atoms with Crippen LogP contribution in [0, 0.1) is 0 Å². The number of aromatic amines is 1. The molecule has 0 aliphatic heterocycles. The third-order valence-electron chi connectivity index (χ3n) is 4.97. The number of carbonyl (C=O) groups excluding carboxylic acids is 2. The van der Waals surface area contributed by atoms with E-state index >= 15 is 0 Å². The Balaban J connectivity index is 0.000000559. The van der Waals surface area contributed by atoms with Crippen molar-refractivity contribution in [2.45, 2.75) is 12.4 Å². The minimum absolute atomic E-state index is 0.193. The van der Waals surface area contributed by atoms with Crippen LogP contribution in [0.3, 0.4) is 0 Å². The van der Waals surface area contributed by atoms with Gasteiger partial charge in [-0.1, -0.05) is 12.1 Å². The van der Waals surface area contributed by atoms with Gasteiger partial charge >= 0.3 is 18.0 Å². The number of aliphatic carboxylic acids is 1. The molecule has 1 aromatic carbocycles. The van der Waals surface area contributed by atoms with E-state index in [-0.39, 0.29) is 4.88 Å². The van der Waals surface area contributed by atoms with E-state index in [1.165, 1.54) is 0 Å². The molecule has 4 aromatic rings. The van der Waals surface area contributed by atoms with Crippen molar-refractivity contribution < 1.29 is 55.0 Å². The highest BCUT2D eigenvalue weighted by Gasteiger charge is 2.29. The quantitative estimate of drug-likeness (QED) is 0.185. The average Bonchev–Trinajstić information content (AvgIpc) is 3.54. The number of ether oxygens (including phenoxy) is 2. The first-order chi connectivity index (χ1) is 18.8. The van der Waals surface area contributed by atoms with Gasteiger partial charge < -0.3 is 24.7 Å². The average molecular weight is 591 g/mol. The zero-order valence-corrected chi connectivity index (χ0v) is 21.2. The SMILES string of the molecule is COCCOc1ccc(-c2cnc3c(-c4csc(C(=O)NCC(F)(F)F)c4)c[nH][n+]3c2)cc1.O=C([O-])C(F)(F)F. The van der Waals surface area contributed by atoms with E-state index in [2.05, 4.69) is 10.1 Å². The second-order valence-corrected chi connectivity index (χ2v) is 8.78. The monoisotopic (exact) mass is 590 g/mol. The van der Waals surface area contributed by atoms with Crippen molar-refractivity contribution in [2.24, 2.45) is 0 Å². The van der Waals surface area contributed by atoms with E-state index in [1.807, 2.05) is 35.8 Å². The third-order valence-corrected chi connectivity index (χ3v) is 5.90. The summed E-state index contributed by atoms with van der Waals surface area (Å²) in [5.74, 6) is -3.03. The highest BCUT2D eigenvalue weighted by molar-refractivity contribution is 7.12. The summed E-state index contributed by atoms with van der Waals surface area (Å²) in [5, 5.41) is 15.5. The van der Waals surface area contributed by atoms with Gasteiger partial charge in [-0.2, -0.15) is 26.3 Å². The molecule has 0 radical (unpaired) electrons. The largest absolute Gasteiger partial charge is 0.542 e. The van der Waals surface area contributed by atoms with Crippen molar-refractivity contribution in [2.75, 3.05) is 26.9 Å². The molecule has 214 valence electrons. The van der Waals surface area contributed by atoms with Gasteiger partial charge in [0.25, 0.3) is 5.91 Å². The number of alkyl halides is 6. The molecule has 0 saturated carbocycles. The lowest BCUT2D eigenvalue weighted by atomic mass is 10.1. The number of halogens is 6. The molecule has 1 amide bonds. The standard InChI is InChI=1S/C22H19F3N4O3S.C2HF3O2/c1-31-6-7-32-17-4-2-14(3-5-17)16-9-26-20-18(10-28-29(20)11-16)15-8-19(33-12-15)21(30)27-13-22(23,24)25;3-2(4,5)1(6)7/h2-5,8-12H,6-7,13H2,1H3,(H,27,30);(H,6,7). The summed E-state index contributed by atoms with van der Waals surface area (Å²) >= 11 is 1.07. The van der Waals surface area contributed by atoms with E-state index in [0.29, 0.717) is 24.4 Å². The van der Waals surface area contributed by atoms with Gasteiger partial charge in [-0.05, 0) is 34.1 Å². The number of nitrogens with one attached hydrogen (secondary N) is 2. The first kappa shape index (κ1) is 30.4. The highest BCUT2D eigenvalue weighted by atomic mass is 32.1. The Hall–Kier alpha value is -4.18. The first-order valence-corrected chi connectivity index (χ1v) is 12.0. The Morgan fingerprint density at radius 2 is 1.75 bits per heavy atom. The third kappa shape index (κ3) is 8.41. The number of rotatable bonds is 8. The number of thiophene rings is 1. The van der Waals surface area contributed by atoms with E-state index in [0.717, 1.165) is 33.8 Å². The van der Waals surface area contributed by atoms with Crippen LogP contribution in [-0.4, -0.2) is 61.2 Å². The predicted octanol–water partition coefficient (Wildman–Crippen LogP) is 3.16. The maximum Gasteiger partial charge on any atom is 0.430 e. The second kappa shape index (κ2) is 12.8. The smallest absolute Gasteiger partial charge is 0.430 e. The van der Waals surface area contributed by atoms with Crippen LogP contribution in [0.25, 0.3) is 27.9 Å². The number of H-pyrrole nitrogens is 1. The summed E-state index contributed by atoms with van der Waals surface area (Å²) in [5.41, 5.74) is 3.87. The van der Waals surface area contributed by atoms with Gasteiger partial charge in [-0.25, -0.2) is 5.10 Å². The lowest BCUT2D eigenvalue weighted by Gasteiger charge is -2.06. The Bertz CT molecular complexity index is 1450. The number of nitrogens with zero attached hydrogens (tertiary/aromatic N) is 2. The number of fused-ring (bicyclic) bond motifs is 1. The van der Waals surface area contributed by atoms with Crippen LogP contribution in [0.15, 0.2) is 54.3 Å². The normalized spacial score (nSPS) is 11.6. The van der Waals surface area contributed by atoms with Crippen molar-refractivity contribution in [3.8, 4) is 28.0 Å². The molecule has 16 heteroatoms. The van der Waals surface area contributed by atoms with Crippen molar-refractivity contribution in [3.63, 3.8) is 0 Å². The number of methoxy groups -OCH3 is 1. The Labute approximate surface area is 226 Å². The molecule has 0 atom stereocenters. The molecule has 2 N–H and O–H groups in total. The van der Waals surface area contributed by atoms with Gasteiger partial charge in [0.05, 0.1) is 28.8 Å². The molecule has 0 fully saturated rings. The van der Waals surface area contributed by atoms with Crippen LogP contribution < -0.4 is 19.7 Å². The molecule has 3 heterocycles. The number of hydrogen-bond donors (Lipinski definition) is 2. The molecule has 9 nitrogen and oxygen atoms in total. The molecule has 4 rings (SSSR count). The molecule has 0 bridgehead atoms. The van der Waals surface area contributed by atoms with Crippen molar-refractivity contribution in [3.05, 3.63) is 59.2 Å². The van der Waals surface area contributed by atoms with Crippen molar-refractivity contribution in [1.29, 1.82) is 0 Å². The molecule has 3 aromatic heterocycles. The molecular formula is C24H20F6N4O5S. The van der Waals surface area contributed by atoms with Crippen LogP contribution in [-0.2, 0) is 9.53 Å². The van der Waals surface area contributed by atoms with Gasteiger partial charge in [-0.15, -0.1) is 15.9 Å². The lowest BCUT2D eigenvalue weighted by Crippen LogP contribution is -2.37. The molecule has 0 spiro atoms. The molecule has 0 aliphatic rings. The molecular weight excluding hydrogens is 570 g/mol.